The van der Waals surface area contributed by atoms with Gasteiger partial charge in [-0.3, -0.25) is 9.88 Å². The average Bonchev–Trinajstić information content (AvgIpc) is 3.27. The van der Waals surface area contributed by atoms with Gasteiger partial charge in [-0.25, -0.2) is 0 Å². The molecule has 0 bridgehead atoms. The number of aromatic nitrogens is 1. The van der Waals surface area contributed by atoms with Crippen LogP contribution in [0.4, 0.5) is 0 Å². The molecule has 2 fully saturated rings. The molecular formula is C23H30N2O3. The predicted molar refractivity (Wildman–Crippen MR) is 108 cm³/mol. The third kappa shape index (κ3) is 3.66. The van der Waals surface area contributed by atoms with Crippen molar-refractivity contribution in [2.45, 2.75) is 38.5 Å². The van der Waals surface area contributed by atoms with Crippen LogP contribution in [-0.4, -0.2) is 41.8 Å². The van der Waals surface area contributed by atoms with E-state index < -0.39 is 5.60 Å². The third-order valence-electron chi connectivity index (χ3n) is 6.35. The molecule has 0 amide bonds. The molecule has 5 heteroatoms. The Morgan fingerprint density at radius 3 is 2.89 bits per heavy atom. The lowest BCUT2D eigenvalue weighted by Crippen LogP contribution is -2.35. The highest BCUT2D eigenvalue weighted by atomic mass is 16.5. The maximum atomic E-state index is 11.4. The summed E-state index contributed by atoms with van der Waals surface area (Å²) in [5.74, 6) is 1.66. The molecule has 1 N–H and O–H groups in total. The Morgan fingerprint density at radius 2 is 2.14 bits per heavy atom. The van der Waals surface area contributed by atoms with Gasteiger partial charge in [0.25, 0.3) is 0 Å². The van der Waals surface area contributed by atoms with Crippen molar-refractivity contribution in [2.24, 2.45) is 11.8 Å². The Kier molecular flexibility index (Phi) is 5.67. The van der Waals surface area contributed by atoms with E-state index in [1.807, 2.05) is 31.2 Å². The maximum absolute atomic E-state index is 11.4. The second-order valence-corrected chi connectivity index (χ2v) is 8.02. The minimum atomic E-state index is -0.791. The zero-order chi connectivity index (χ0) is 19.6. The highest BCUT2D eigenvalue weighted by Crippen LogP contribution is 2.50. The highest BCUT2D eigenvalue weighted by Gasteiger charge is 2.52. The molecule has 1 saturated carbocycles. The summed E-state index contributed by atoms with van der Waals surface area (Å²) in [4.78, 5) is 6.93. The zero-order valence-corrected chi connectivity index (χ0v) is 16.8. The number of methoxy groups -OCH3 is 1. The zero-order valence-electron chi connectivity index (χ0n) is 16.8. The summed E-state index contributed by atoms with van der Waals surface area (Å²) in [6.45, 7) is 6.08. The molecule has 150 valence electrons. The van der Waals surface area contributed by atoms with Crippen molar-refractivity contribution in [1.29, 1.82) is 0 Å². The number of aliphatic hydroxyl groups is 1. The number of rotatable bonds is 7. The number of hydrogen-bond donors (Lipinski definition) is 1. The summed E-state index contributed by atoms with van der Waals surface area (Å²) in [6, 6.07) is 12.2. The molecule has 4 rings (SSSR count). The fourth-order valence-corrected chi connectivity index (χ4v) is 4.96. The normalized spacial score (nSPS) is 27.1. The van der Waals surface area contributed by atoms with Gasteiger partial charge in [0, 0.05) is 43.9 Å². The topological polar surface area (TPSA) is 54.8 Å². The van der Waals surface area contributed by atoms with Crippen LogP contribution in [0.5, 0.6) is 5.75 Å². The molecular weight excluding hydrogens is 352 g/mol. The van der Waals surface area contributed by atoms with Crippen LogP contribution in [-0.2, 0) is 23.5 Å². The molecule has 0 radical (unpaired) electrons. The Labute approximate surface area is 167 Å². The van der Waals surface area contributed by atoms with Gasteiger partial charge in [0.1, 0.15) is 11.4 Å². The van der Waals surface area contributed by atoms with Crippen LogP contribution in [0, 0.1) is 11.8 Å². The van der Waals surface area contributed by atoms with Crippen molar-refractivity contribution in [1.82, 2.24) is 9.88 Å². The van der Waals surface area contributed by atoms with Gasteiger partial charge in [0.05, 0.1) is 19.4 Å². The lowest BCUT2D eigenvalue weighted by Gasteiger charge is -2.29. The van der Waals surface area contributed by atoms with Gasteiger partial charge >= 0.3 is 0 Å². The van der Waals surface area contributed by atoms with Crippen LogP contribution >= 0.6 is 0 Å². The first kappa shape index (κ1) is 19.4. The van der Waals surface area contributed by atoms with Gasteiger partial charge in [-0.2, -0.15) is 0 Å². The van der Waals surface area contributed by atoms with E-state index in [-0.39, 0.29) is 5.92 Å². The highest BCUT2D eigenvalue weighted by molar-refractivity contribution is 5.37. The maximum Gasteiger partial charge on any atom is 0.124 e. The van der Waals surface area contributed by atoms with Crippen LogP contribution in [0.3, 0.4) is 0 Å². The second-order valence-electron chi connectivity index (χ2n) is 8.02. The average molecular weight is 383 g/mol. The summed E-state index contributed by atoms with van der Waals surface area (Å²) in [7, 11) is 1.70. The first-order valence-electron chi connectivity index (χ1n) is 10.2. The summed E-state index contributed by atoms with van der Waals surface area (Å²) in [5, 5.41) is 11.4. The Balaban J connectivity index is 1.47. The SMILES string of the molecule is CCOCc1cc(CN2C[C@@H]3CC[C@@](O)(c4ccccn4)[C@@H]3C2)ccc1OC. The number of nitrogens with zero attached hydrogens (tertiary/aromatic N) is 2. The number of likely N-dealkylation sites (tertiary alicyclic amines) is 1. The fraction of sp³-hybridized carbons (Fsp3) is 0.522. The van der Waals surface area contributed by atoms with E-state index >= 15 is 0 Å². The van der Waals surface area contributed by atoms with Crippen LogP contribution in [0.25, 0.3) is 0 Å². The molecule has 28 heavy (non-hydrogen) atoms. The summed E-state index contributed by atoms with van der Waals surface area (Å²) in [5.41, 5.74) is 2.39. The van der Waals surface area contributed by atoms with Gasteiger partial charge in [-0.15, -0.1) is 0 Å². The van der Waals surface area contributed by atoms with Crippen molar-refractivity contribution in [3.63, 3.8) is 0 Å². The Bertz CT molecular complexity index is 798. The van der Waals surface area contributed by atoms with Gasteiger partial charge < -0.3 is 14.6 Å². The van der Waals surface area contributed by atoms with Crippen LogP contribution in [0.2, 0.25) is 0 Å². The lowest BCUT2D eigenvalue weighted by molar-refractivity contribution is -0.0108. The van der Waals surface area contributed by atoms with E-state index in [4.69, 9.17) is 9.47 Å². The molecule has 2 aromatic rings. The summed E-state index contributed by atoms with van der Waals surface area (Å²) in [6.07, 6.45) is 3.66. The van der Waals surface area contributed by atoms with Gasteiger partial charge in [-0.05, 0) is 55.5 Å². The standard InChI is InChI=1S/C23H30N2O3/c1-3-28-16-19-12-17(7-8-21(19)27-2)13-25-14-18-9-10-23(26,20(18)15-25)22-6-4-5-11-24-22/h4-8,11-12,18,20,26H,3,9-10,13-16H2,1-2H3/t18-,20+,23-/m0/s1. The molecule has 1 aliphatic heterocycles. The number of ether oxygens (including phenoxy) is 2. The van der Waals surface area contributed by atoms with Crippen molar-refractivity contribution in [2.75, 3.05) is 26.8 Å². The molecule has 2 heterocycles. The molecule has 1 aromatic carbocycles. The first-order valence-corrected chi connectivity index (χ1v) is 10.2. The second kappa shape index (κ2) is 8.19. The molecule has 1 saturated heterocycles. The Morgan fingerprint density at radius 1 is 1.25 bits per heavy atom. The third-order valence-corrected chi connectivity index (χ3v) is 6.35. The van der Waals surface area contributed by atoms with E-state index in [2.05, 4.69) is 22.0 Å². The van der Waals surface area contributed by atoms with E-state index in [0.29, 0.717) is 19.1 Å². The number of fused-ring (bicyclic) bond motifs is 1. The predicted octanol–water partition coefficient (Wildman–Crippen LogP) is 3.36. The molecule has 0 spiro atoms. The molecule has 0 unspecified atom stereocenters. The van der Waals surface area contributed by atoms with E-state index in [1.165, 1.54) is 5.56 Å². The van der Waals surface area contributed by atoms with Gasteiger partial charge in [0.15, 0.2) is 0 Å². The summed E-state index contributed by atoms with van der Waals surface area (Å²) < 4.78 is 11.1. The lowest BCUT2D eigenvalue weighted by atomic mass is 9.85. The Hall–Kier alpha value is -1.95. The quantitative estimate of drug-likeness (QED) is 0.796. The monoisotopic (exact) mass is 382 g/mol. The number of hydrogen-bond acceptors (Lipinski definition) is 5. The van der Waals surface area contributed by atoms with Gasteiger partial charge in [0.2, 0.25) is 0 Å². The van der Waals surface area contributed by atoms with Crippen molar-refractivity contribution < 1.29 is 14.6 Å². The number of pyridine rings is 1. The van der Waals surface area contributed by atoms with Crippen molar-refractivity contribution in [3.8, 4) is 5.75 Å². The largest absolute Gasteiger partial charge is 0.496 e. The molecule has 5 nitrogen and oxygen atoms in total. The smallest absolute Gasteiger partial charge is 0.124 e. The molecule has 1 aliphatic carbocycles. The van der Waals surface area contributed by atoms with Crippen LogP contribution < -0.4 is 4.74 Å². The van der Waals surface area contributed by atoms with Crippen LogP contribution in [0.15, 0.2) is 42.6 Å². The van der Waals surface area contributed by atoms with Crippen molar-refractivity contribution >= 4 is 0 Å². The minimum absolute atomic E-state index is 0.253. The van der Waals surface area contributed by atoms with E-state index in [9.17, 15) is 5.11 Å². The molecule has 1 aromatic heterocycles. The van der Waals surface area contributed by atoms with E-state index in [0.717, 1.165) is 49.5 Å². The minimum Gasteiger partial charge on any atom is -0.496 e. The van der Waals surface area contributed by atoms with Crippen molar-refractivity contribution in [3.05, 3.63) is 59.4 Å². The van der Waals surface area contributed by atoms with E-state index in [1.54, 1.807) is 13.3 Å². The summed E-state index contributed by atoms with van der Waals surface area (Å²) >= 11 is 0. The number of benzene rings is 1. The van der Waals surface area contributed by atoms with Crippen LogP contribution in [0.1, 0.15) is 36.6 Å². The molecule has 2 aliphatic rings. The first-order chi connectivity index (χ1) is 13.6. The van der Waals surface area contributed by atoms with Gasteiger partial charge in [-0.1, -0.05) is 12.1 Å². The fourth-order valence-electron chi connectivity index (χ4n) is 4.96. The molecule has 3 atom stereocenters.